The van der Waals surface area contributed by atoms with Crippen molar-refractivity contribution in [2.24, 2.45) is 0 Å². The Labute approximate surface area is 109 Å². The number of fused-ring (bicyclic) bond motifs is 1. The first-order valence-electron chi connectivity index (χ1n) is 6.67. The van der Waals surface area contributed by atoms with E-state index in [1.165, 1.54) is 11.1 Å². The predicted octanol–water partition coefficient (Wildman–Crippen LogP) is 2.25. The molecule has 1 aliphatic rings. The van der Waals surface area contributed by atoms with E-state index in [-0.39, 0.29) is 11.4 Å². The highest BCUT2D eigenvalue weighted by Crippen LogP contribution is 2.19. The van der Waals surface area contributed by atoms with Crippen LogP contribution in [0.1, 0.15) is 48.7 Å². The molecule has 1 aromatic carbocycles. The van der Waals surface area contributed by atoms with Gasteiger partial charge in [-0.15, -0.1) is 0 Å². The molecular weight excluding hydrogens is 224 g/mol. The Balaban J connectivity index is 2.26. The molecule has 0 unspecified atom stereocenters. The van der Waals surface area contributed by atoms with Gasteiger partial charge in [0.05, 0.1) is 0 Å². The average molecular weight is 246 g/mol. The number of rotatable bonds is 3. The molecule has 2 N–H and O–H groups in total. The highest BCUT2D eigenvalue weighted by atomic mass is 16.1. The fraction of sp³-hybridized carbons (Fsp3) is 0.533. The first-order valence-corrected chi connectivity index (χ1v) is 6.67. The van der Waals surface area contributed by atoms with Gasteiger partial charge < -0.3 is 10.6 Å². The van der Waals surface area contributed by atoms with Crippen molar-refractivity contribution in [2.75, 3.05) is 6.54 Å². The molecule has 3 nitrogen and oxygen atoms in total. The molecular formula is C15H22N2O. The van der Waals surface area contributed by atoms with Crippen molar-refractivity contribution in [3.05, 3.63) is 34.9 Å². The molecule has 0 radical (unpaired) electrons. The van der Waals surface area contributed by atoms with Crippen LogP contribution in [0.2, 0.25) is 0 Å². The van der Waals surface area contributed by atoms with E-state index in [0.29, 0.717) is 0 Å². The summed E-state index contributed by atoms with van der Waals surface area (Å²) in [6, 6.07) is 6.01. The van der Waals surface area contributed by atoms with Gasteiger partial charge in [-0.05, 0) is 50.4 Å². The maximum absolute atomic E-state index is 12.4. The van der Waals surface area contributed by atoms with Gasteiger partial charge in [-0.25, -0.2) is 0 Å². The summed E-state index contributed by atoms with van der Waals surface area (Å²) in [6.45, 7) is 8.02. The number of hydrogen-bond donors (Lipinski definition) is 2. The molecule has 0 spiro atoms. The zero-order valence-corrected chi connectivity index (χ0v) is 11.5. The van der Waals surface area contributed by atoms with Crippen molar-refractivity contribution in [2.45, 2.75) is 45.7 Å². The Bertz CT molecular complexity index is 452. The molecule has 0 atom stereocenters. The third-order valence-corrected chi connectivity index (χ3v) is 3.72. The van der Waals surface area contributed by atoms with Crippen LogP contribution in [-0.4, -0.2) is 18.0 Å². The lowest BCUT2D eigenvalue weighted by atomic mass is 9.94. The van der Waals surface area contributed by atoms with Gasteiger partial charge in [-0.2, -0.15) is 0 Å². The molecule has 18 heavy (non-hydrogen) atoms. The maximum atomic E-state index is 12.4. The van der Waals surface area contributed by atoms with Crippen LogP contribution in [-0.2, 0) is 13.0 Å². The van der Waals surface area contributed by atoms with E-state index in [4.69, 9.17) is 0 Å². The summed E-state index contributed by atoms with van der Waals surface area (Å²) in [5.41, 5.74) is 3.16. The second kappa shape index (κ2) is 5.11. The third kappa shape index (κ3) is 2.72. The number of hydrogen-bond acceptors (Lipinski definition) is 2. The Morgan fingerprint density at radius 2 is 2.22 bits per heavy atom. The molecule has 0 saturated heterocycles. The normalized spacial score (nSPS) is 15.1. The van der Waals surface area contributed by atoms with Gasteiger partial charge >= 0.3 is 0 Å². The van der Waals surface area contributed by atoms with Gasteiger partial charge in [-0.3, -0.25) is 4.79 Å². The van der Waals surface area contributed by atoms with Crippen LogP contribution >= 0.6 is 0 Å². The van der Waals surface area contributed by atoms with E-state index >= 15 is 0 Å². The molecule has 0 bridgehead atoms. The van der Waals surface area contributed by atoms with Gasteiger partial charge in [0, 0.05) is 17.6 Å². The molecule has 0 saturated carbocycles. The lowest BCUT2D eigenvalue weighted by Gasteiger charge is -2.26. The van der Waals surface area contributed by atoms with E-state index in [1.54, 1.807) is 0 Å². The van der Waals surface area contributed by atoms with Crippen molar-refractivity contribution >= 4 is 5.91 Å². The third-order valence-electron chi connectivity index (χ3n) is 3.72. The van der Waals surface area contributed by atoms with Crippen LogP contribution in [0.4, 0.5) is 0 Å². The monoisotopic (exact) mass is 246 g/mol. The smallest absolute Gasteiger partial charge is 0.251 e. The number of carbonyl (C=O) groups is 1. The predicted molar refractivity (Wildman–Crippen MR) is 73.7 cm³/mol. The molecule has 0 aromatic heterocycles. The molecule has 0 aliphatic carbocycles. The molecule has 1 amide bonds. The van der Waals surface area contributed by atoms with E-state index in [9.17, 15) is 4.79 Å². The number of carbonyl (C=O) groups excluding carboxylic acids is 1. The fourth-order valence-corrected chi connectivity index (χ4v) is 2.21. The minimum absolute atomic E-state index is 0.0561. The van der Waals surface area contributed by atoms with E-state index in [1.807, 2.05) is 12.1 Å². The van der Waals surface area contributed by atoms with E-state index in [0.717, 1.165) is 31.5 Å². The number of benzene rings is 1. The summed E-state index contributed by atoms with van der Waals surface area (Å²) < 4.78 is 0. The van der Waals surface area contributed by atoms with Crippen LogP contribution in [0, 0.1) is 0 Å². The van der Waals surface area contributed by atoms with Gasteiger partial charge in [0.25, 0.3) is 5.91 Å². The van der Waals surface area contributed by atoms with Gasteiger partial charge in [0.15, 0.2) is 0 Å². The first-order chi connectivity index (χ1) is 8.53. The topological polar surface area (TPSA) is 41.1 Å². The molecule has 2 rings (SSSR count). The Hall–Kier alpha value is -1.35. The summed E-state index contributed by atoms with van der Waals surface area (Å²) in [5.74, 6) is 0.0561. The lowest BCUT2D eigenvalue weighted by molar-refractivity contribution is 0.0910. The van der Waals surface area contributed by atoms with Crippen LogP contribution in [0.5, 0.6) is 0 Å². The Kier molecular flexibility index (Phi) is 3.71. The van der Waals surface area contributed by atoms with Crippen LogP contribution in [0.25, 0.3) is 0 Å². The standard InChI is InChI=1S/C15H22N2O/c1-4-15(2,3)17-14(18)13-7-5-6-11-10-16-9-8-12(11)13/h5-7,16H,4,8-10H2,1-3H3,(H,17,18). The van der Waals surface area contributed by atoms with Crippen molar-refractivity contribution in [3.8, 4) is 0 Å². The number of nitrogens with one attached hydrogen (secondary N) is 2. The minimum atomic E-state index is -0.146. The molecule has 98 valence electrons. The quantitative estimate of drug-likeness (QED) is 0.859. The SMILES string of the molecule is CCC(C)(C)NC(=O)c1cccc2c1CCNC2. The van der Waals surface area contributed by atoms with Crippen LogP contribution in [0.3, 0.4) is 0 Å². The lowest BCUT2D eigenvalue weighted by Crippen LogP contribution is -2.43. The summed E-state index contributed by atoms with van der Waals surface area (Å²) in [5, 5.41) is 6.45. The maximum Gasteiger partial charge on any atom is 0.251 e. The number of amides is 1. The molecule has 3 heteroatoms. The summed E-state index contributed by atoms with van der Waals surface area (Å²) in [6.07, 6.45) is 1.86. The zero-order chi connectivity index (χ0) is 13.2. The van der Waals surface area contributed by atoms with Crippen molar-refractivity contribution < 1.29 is 4.79 Å². The summed E-state index contributed by atoms with van der Waals surface area (Å²) in [7, 11) is 0. The fourth-order valence-electron chi connectivity index (χ4n) is 2.21. The highest BCUT2D eigenvalue weighted by molar-refractivity contribution is 5.96. The molecule has 1 heterocycles. The first kappa shape index (κ1) is 13.1. The van der Waals surface area contributed by atoms with E-state index < -0.39 is 0 Å². The zero-order valence-electron chi connectivity index (χ0n) is 11.5. The van der Waals surface area contributed by atoms with Gasteiger partial charge in [0.2, 0.25) is 0 Å². The average Bonchev–Trinajstić information content (AvgIpc) is 2.37. The Morgan fingerprint density at radius 1 is 1.44 bits per heavy atom. The molecule has 1 aromatic rings. The van der Waals surface area contributed by atoms with Crippen molar-refractivity contribution in [3.63, 3.8) is 0 Å². The van der Waals surface area contributed by atoms with Crippen molar-refractivity contribution in [1.29, 1.82) is 0 Å². The van der Waals surface area contributed by atoms with E-state index in [2.05, 4.69) is 37.5 Å². The van der Waals surface area contributed by atoms with Crippen LogP contribution in [0.15, 0.2) is 18.2 Å². The largest absolute Gasteiger partial charge is 0.347 e. The molecule has 1 aliphatic heterocycles. The minimum Gasteiger partial charge on any atom is -0.347 e. The Morgan fingerprint density at radius 3 is 2.94 bits per heavy atom. The summed E-state index contributed by atoms with van der Waals surface area (Å²) >= 11 is 0. The summed E-state index contributed by atoms with van der Waals surface area (Å²) in [4.78, 5) is 12.4. The van der Waals surface area contributed by atoms with Crippen LogP contribution < -0.4 is 10.6 Å². The highest BCUT2D eigenvalue weighted by Gasteiger charge is 2.22. The second-order valence-electron chi connectivity index (χ2n) is 5.56. The molecule has 0 fully saturated rings. The van der Waals surface area contributed by atoms with Gasteiger partial charge in [0.1, 0.15) is 0 Å². The van der Waals surface area contributed by atoms with Gasteiger partial charge in [-0.1, -0.05) is 19.1 Å². The second-order valence-corrected chi connectivity index (χ2v) is 5.56. The van der Waals surface area contributed by atoms with Crippen molar-refractivity contribution in [1.82, 2.24) is 10.6 Å².